The minimum atomic E-state index is -0.304. The van der Waals surface area contributed by atoms with Crippen molar-refractivity contribution in [1.82, 2.24) is 69.9 Å². The first-order valence-electron chi connectivity index (χ1n) is 45.8. The van der Waals surface area contributed by atoms with Gasteiger partial charge in [0.05, 0.1) is 103 Å². The number of carbonyl (C=O) groups is 3. The van der Waals surface area contributed by atoms with E-state index in [2.05, 4.69) is 134 Å². The van der Waals surface area contributed by atoms with Gasteiger partial charge in [-0.3, -0.25) is 44.0 Å². The first kappa shape index (κ1) is 89.6. The number of likely N-dealkylation sites (tertiary alicyclic amines) is 1. The highest BCUT2D eigenvalue weighted by atomic mass is 32.1. The average Bonchev–Trinajstić information content (AvgIpc) is 1.31. The molecule has 0 spiro atoms. The number of piperidine rings is 3. The zero-order valence-corrected chi connectivity index (χ0v) is 76.1. The lowest BCUT2D eigenvalue weighted by molar-refractivity contribution is -0.135. The van der Waals surface area contributed by atoms with Crippen LogP contribution in [0.4, 0.5) is 32.5 Å². The van der Waals surface area contributed by atoms with Crippen LogP contribution in [0.25, 0.3) is 32.7 Å². The van der Waals surface area contributed by atoms with Crippen LogP contribution in [0.3, 0.4) is 0 Å². The van der Waals surface area contributed by atoms with Crippen molar-refractivity contribution in [3.8, 4) is 11.5 Å². The molecule has 3 aromatic carbocycles. The number of anilines is 6. The Morgan fingerprint density at radius 1 is 0.440 bits per heavy atom. The number of fused-ring (bicyclic) bond motifs is 3. The third kappa shape index (κ3) is 22.0. The maximum absolute atomic E-state index is 13.6. The smallest absolute Gasteiger partial charge is 0.224 e. The van der Waals surface area contributed by atoms with E-state index in [-0.39, 0.29) is 54.2 Å². The lowest BCUT2D eigenvalue weighted by Crippen LogP contribution is -2.47. The summed E-state index contributed by atoms with van der Waals surface area (Å²) in [6.07, 6.45) is 13.5. The maximum atomic E-state index is 13.6. The van der Waals surface area contributed by atoms with E-state index in [1.54, 1.807) is 48.2 Å². The number of morpholine rings is 1. The number of amides is 3. The number of thiazole rings is 3. The molecule has 32 heteroatoms. The van der Waals surface area contributed by atoms with Gasteiger partial charge in [0.2, 0.25) is 17.7 Å². The van der Waals surface area contributed by atoms with Gasteiger partial charge in [0, 0.05) is 253 Å². The molecule has 9 saturated heterocycles. The van der Waals surface area contributed by atoms with Crippen molar-refractivity contribution < 1.29 is 43.9 Å². The summed E-state index contributed by atoms with van der Waals surface area (Å²) in [6, 6.07) is 23.0. The minimum Gasteiger partial charge on any atom is -0.494 e. The van der Waals surface area contributed by atoms with Crippen LogP contribution in [-0.4, -0.2) is 321 Å². The van der Waals surface area contributed by atoms with E-state index < -0.39 is 0 Å². The number of nitrogens with one attached hydrogen (secondary N) is 2. The van der Waals surface area contributed by atoms with Crippen molar-refractivity contribution in [2.45, 2.75) is 140 Å². The fourth-order valence-electron chi connectivity index (χ4n) is 19.3. The number of ether oxygens (including phenoxy) is 3. The second-order valence-corrected chi connectivity index (χ2v) is 37.5. The predicted molar refractivity (Wildman–Crippen MR) is 499 cm³/mol. The number of rotatable bonds is 21. The Kier molecular flexibility index (Phi) is 30.8. The fourth-order valence-corrected chi connectivity index (χ4v) is 22.1. The number of aromatic nitrogens is 6. The Morgan fingerprint density at radius 3 is 1.31 bits per heavy atom. The zero-order valence-electron chi connectivity index (χ0n) is 73.6. The zero-order chi connectivity index (χ0) is 86.3. The summed E-state index contributed by atoms with van der Waals surface area (Å²) in [7, 11) is 3.46. The molecule has 9 aliphatic heterocycles. The molecule has 9 aromatic rings. The summed E-state index contributed by atoms with van der Waals surface area (Å²) < 4.78 is 17.3. The largest absolute Gasteiger partial charge is 0.494 e. The van der Waals surface area contributed by atoms with Gasteiger partial charge in [0.25, 0.3) is 0 Å². The molecule has 29 nitrogen and oxygen atoms in total. The highest BCUT2D eigenvalue weighted by molar-refractivity contribution is 7.14. The molecule has 0 aliphatic carbocycles. The summed E-state index contributed by atoms with van der Waals surface area (Å²) in [5.41, 5.74) is 11.7. The van der Waals surface area contributed by atoms with Crippen molar-refractivity contribution in [3.05, 3.63) is 130 Å². The fraction of sp³-hybridized carbons (Fsp3) is 0.581. The standard InChI is InChI=1S/C32H45N7O2S.C31H43N7O3S.C30H40N6O4S/c1-23(2)25-19-24-5-3-8-34-31(24)29(20-25)37-12-4-11-36(17-18-37)28(21-30(41)38-15-9-33-10-16-38)27-22-42-32(35-27)39-13-6-26(40)7-14-39;1-22-19-23-5-3-8-33-28(23)29(30(22)41-2)37-12-4-11-35(17-18-37)26(20-27(40)36-15-9-32-10-16-36)25-21-42-31(34-25)38-13-6-24(39)7-14-38;1-39-26-6-5-22-4-2-9-31-28(22)29(26)35-11-3-10-33(14-15-35)25(20-27(38)34-12-7-23(37)8-13-34)24-21-41-30(32-24)36-16-18-40-19-17-36/h3,5,8,19-20,22-23,26,28,33,40H,4,6-7,9-18,21H2,1-2H3;3,5,8,19,21,24,26,32,39H,4,6-7,9-18,20H2,1-2H3;2,4-6,9,21,23,25,37H,3,7-8,10-20H2,1H3. The highest BCUT2D eigenvalue weighted by Crippen LogP contribution is 2.43. The van der Waals surface area contributed by atoms with Crippen LogP contribution in [0.5, 0.6) is 11.5 Å². The Bertz CT molecular complexity index is 5020. The van der Waals surface area contributed by atoms with E-state index in [0.29, 0.717) is 64.3 Å². The molecule has 6 aromatic heterocycles. The van der Waals surface area contributed by atoms with Crippen molar-refractivity contribution in [3.63, 3.8) is 0 Å². The molecule has 0 radical (unpaired) electrons. The molecular formula is C93H128N20O9S3. The van der Waals surface area contributed by atoms with Crippen LogP contribution in [-0.2, 0) is 19.1 Å². The van der Waals surface area contributed by atoms with Gasteiger partial charge < -0.3 is 84.3 Å². The molecule has 3 unspecified atom stereocenters. The van der Waals surface area contributed by atoms with Gasteiger partial charge in [0.15, 0.2) is 15.4 Å². The van der Waals surface area contributed by atoms with Crippen LogP contribution in [0.2, 0.25) is 0 Å². The van der Waals surface area contributed by atoms with Crippen LogP contribution in [0.1, 0.15) is 143 Å². The maximum Gasteiger partial charge on any atom is 0.224 e. The van der Waals surface area contributed by atoms with Crippen molar-refractivity contribution >= 4 is 117 Å². The number of nitrogens with zero attached hydrogens (tertiary/aromatic N) is 18. The topological polar surface area (TPSA) is 280 Å². The third-order valence-electron chi connectivity index (χ3n) is 26.6. The van der Waals surface area contributed by atoms with Crippen LogP contribution in [0, 0.1) is 6.92 Å². The van der Waals surface area contributed by atoms with Gasteiger partial charge in [-0.15, -0.1) is 34.0 Å². The number of piperazine rings is 2. The van der Waals surface area contributed by atoms with E-state index in [9.17, 15) is 29.7 Å². The molecular weight excluding hydrogens is 1640 g/mol. The monoisotopic (exact) mass is 1760 g/mol. The summed E-state index contributed by atoms with van der Waals surface area (Å²) >= 11 is 4.99. The SMILES string of the molecule is CC(C)c1cc(N2CCCN(C(CC(=O)N3CCNCC3)c3csc(N4CCC(O)CC4)n3)CC2)c2ncccc2c1.COc1c(C)cc2cccnc2c1N1CCCN(C(CC(=O)N2CCNCC2)c2csc(N3CCC(O)CC3)n2)CC1.COc1ccc2cccnc2c1N1CCCN(C(CC(=O)N2CCC(O)CC2)c2csc(N3CCOCC3)n2)CC1. The predicted octanol–water partition coefficient (Wildman–Crippen LogP) is 10.1. The Balaban J connectivity index is 0.000000138. The molecule has 9 aliphatic rings. The number of benzene rings is 3. The third-order valence-corrected chi connectivity index (χ3v) is 29.3. The van der Waals surface area contributed by atoms with E-state index in [4.69, 9.17) is 44.1 Å². The normalized spacial score (nSPS) is 20.2. The minimum absolute atomic E-state index is 0.0513. The first-order chi connectivity index (χ1) is 61.1. The molecule has 3 amide bonds. The number of carbonyl (C=O) groups excluding carboxylic acids is 3. The molecule has 125 heavy (non-hydrogen) atoms. The molecule has 5 N–H and O–H groups in total. The number of aryl methyl sites for hydroxylation is 1. The summed E-state index contributed by atoms with van der Waals surface area (Å²) in [6.45, 7) is 31.0. The van der Waals surface area contributed by atoms with E-state index in [1.807, 2.05) is 57.6 Å². The van der Waals surface area contributed by atoms with E-state index in [0.717, 1.165) is 303 Å². The van der Waals surface area contributed by atoms with Gasteiger partial charge in [-0.05, 0) is 130 Å². The second-order valence-electron chi connectivity index (χ2n) is 35.0. The van der Waals surface area contributed by atoms with Crippen molar-refractivity contribution in [1.29, 1.82) is 0 Å². The molecule has 9 fully saturated rings. The quantitative estimate of drug-likeness (QED) is 0.0447. The Morgan fingerprint density at radius 2 is 0.848 bits per heavy atom. The number of pyridine rings is 3. The molecule has 0 saturated carbocycles. The Hall–Kier alpha value is -8.77. The van der Waals surface area contributed by atoms with Crippen LogP contribution in [0.15, 0.2) is 101 Å². The highest BCUT2D eigenvalue weighted by Gasteiger charge is 2.38. The molecule has 15 heterocycles. The lowest BCUT2D eigenvalue weighted by atomic mass is 9.99. The van der Waals surface area contributed by atoms with E-state index in [1.165, 1.54) is 16.6 Å². The van der Waals surface area contributed by atoms with Gasteiger partial charge in [-0.1, -0.05) is 32.0 Å². The van der Waals surface area contributed by atoms with Gasteiger partial charge in [-0.2, -0.15) is 0 Å². The summed E-state index contributed by atoms with van der Waals surface area (Å²) in [5.74, 6) is 2.73. The van der Waals surface area contributed by atoms with Crippen LogP contribution < -0.4 is 49.5 Å². The molecule has 3 atom stereocenters. The Labute approximate surface area is 747 Å². The van der Waals surface area contributed by atoms with Gasteiger partial charge in [-0.25, -0.2) is 15.0 Å². The number of methoxy groups -OCH3 is 2. The van der Waals surface area contributed by atoms with Gasteiger partial charge in [0.1, 0.15) is 22.9 Å². The average molecular weight is 1770 g/mol. The number of hydrogen-bond donors (Lipinski definition) is 5. The number of hydrogen-bond acceptors (Lipinski definition) is 29. The molecule has 0 bridgehead atoms. The number of aliphatic hydroxyl groups excluding tert-OH is 3. The summed E-state index contributed by atoms with van der Waals surface area (Å²) in [5, 5.41) is 49.5. The second kappa shape index (κ2) is 42.9. The number of aliphatic hydroxyl groups is 3. The first-order valence-corrected chi connectivity index (χ1v) is 48.4. The summed E-state index contributed by atoms with van der Waals surface area (Å²) in [4.78, 5) is 97.9. The van der Waals surface area contributed by atoms with Crippen LogP contribution >= 0.6 is 34.0 Å². The lowest BCUT2D eigenvalue weighted by Gasteiger charge is -2.34. The van der Waals surface area contributed by atoms with E-state index >= 15 is 0 Å². The molecule has 18 rings (SSSR count). The van der Waals surface area contributed by atoms with Crippen molar-refractivity contribution in [2.24, 2.45) is 0 Å². The van der Waals surface area contributed by atoms with Crippen molar-refractivity contribution in [2.75, 3.05) is 240 Å². The molecule has 672 valence electrons. The van der Waals surface area contributed by atoms with Gasteiger partial charge >= 0.3 is 0 Å².